The molecule has 0 N–H and O–H groups in total. The molecule has 29 heavy (non-hydrogen) atoms. The average Bonchev–Trinajstić information content (AvgIpc) is 2.61. The smallest absolute Gasteiger partial charge is 0.306 e. The largest absolute Gasteiger partial charge is 0.466 e. The van der Waals surface area contributed by atoms with Crippen LogP contribution in [0.1, 0.15) is 39.7 Å². The van der Waals surface area contributed by atoms with E-state index in [1.54, 1.807) is 6.92 Å². The topological polar surface area (TPSA) is 87.9 Å². The van der Waals surface area contributed by atoms with Crippen molar-refractivity contribution in [2.45, 2.75) is 65.0 Å². The van der Waals surface area contributed by atoms with E-state index in [1.807, 2.05) is 30.3 Å². The molecule has 164 valence electrons. The molecule has 0 amide bonds. The van der Waals surface area contributed by atoms with Crippen molar-refractivity contribution < 1.29 is 23.6 Å². The van der Waals surface area contributed by atoms with Crippen molar-refractivity contribution >= 4 is 14.3 Å². The Hall–Kier alpha value is -1.77. The molecule has 0 spiro atoms. The fourth-order valence-electron chi connectivity index (χ4n) is 2.54. The van der Waals surface area contributed by atoms with Gasteiger partial charge < -0.3 is 13.9 Å². The molecule has 0 aliphatic heterocycles. The fourth-order valence-corrected chi connectivity index (χ4v) is 3.56. The maximum absolute atomic E-state index is 12.0. The zero-order valence-corrected chi connectivity index (χ0v) is 19.5. The summed E-state index contributed by atoms with van der Waals surface area (Å²) in [6, 6.07) is 9.59. The van der Waals surface area contributed by atoms with Gasteiger partial charge in [-0.15, -0.1) is 0 Å². The summed E-state index contributed by atoms with van der Waals surface area (Å²) in [6.45, 7) is 12.7. The van der Waals surface area contributed by atoms with Gasteiger partial charge in [0, 0.05) is 4.92 Å². The standard InChI is InChI=1S/C21H35NO6Si/c1-7-26-20(23)13-18(14-22(24)25)19(16-28-29(5,6)21(2,3)4)27-15-17-11-9-8-10-12-17/h8-12,18-19H,7,13-16H2,1-6H3/t18-,19+/m1/s1. The highest BCUT2D eigenvalue weighted by atomic mass is 28.4. The van der Waals surface area contributed by atoms with Crippen molar-refractivity contribution in [3.63, 3.8) is 0 Å². The van der Waals surface area contributed by atoms with E-state index in [0.717, 1.165) is 5.56 Å². The van der Waals surface area contributed by atoms with Crippen LogP contribution < -0.4 is 0 Å². The van der Waals surface area contributed by atoms with Crippen molar-refractivity contribution in [2.24, 2.45) is 5.92 Å². The minimum atomic E-state index is -2.08. The summed E-state index contributed by atoms with van der Waals surface area (Å²) in [5, 5.41) is 11.3. The third-order valence-electron chi connectivity index (χ3n) is 5.37. The molecule has 1 rings (SSSR count). The van der Waals surface area contributed by atoms with Gasteiger partial charge in [-0.25, -0.2) is 0 Å². The number of esters is 1. The van der Waals surface area contributed by atoms with Crippen molar-refractivity contribution in [1.29, 1.82) is 0 Å². The van der Waals surface area contributed by atoms with Crippen LogP contribution in [0.3, 0.4) is 0 Å². The number of benzene rings is 1. The van der Waals surface area contributed by atoms with Gasteiger partial charge in [-0.3, -0.25) is 14.9 Å². The van der Waals surface area contributed by atoms with Crippen molar-refractivity contribution in [3.05, 3.63) is 46.0 Å². The number of carbonyl (C=O) groups is 1. The lowest BCUT2D eigenvalue weighted by atomic mass is 9.99. The quantitative estimate of drug-likeness (QED) is 0.213. The Bertz CT molecular complexity index is 644. The molecule has 0 radical (unpaired) electrons. The Morgan fingerprint density at radius 2 is 1.83 bits per heavy atom. The van der Waals surface area contributed by atoms with Crippen LogP contribution in [0.25, 0.3) is 0 Å². The molecule has 0 aliphatic rings. The van der Waals surface area contributed by atoms with Gasteiger partial charge in [-0.05, 0) is 30.6 Å². The summed E-state index contributed by atoms with van der Waals surface area (Å²) in [5.41, 5.74) is 0.959. The molecule has 1 aromatic carbocycles. The van der Waals surface area contributed by atoms with E-state index in [-0.39, 0.29) is 31.2 Å². The summed E-state index contributed by atoms with van der Waals surface area (Å²) in [5.74, 6) is -1.09. The Balaban J connectivity index is 2.99. The van der Waals surface area contributed by atoms with Gasteiger partial charge in [0.25, 0.3) is 0 Å². The van der Waals surface area contributed by atoms with Crippen LogP contribution in [0.15, 0.2) is 30.3 Å². The molecule has 0 heterocycles. The monoisotopic (exact) mass is 425 g/mol. The summed E-state index contributed by atoms with van der Waals surface area (Å²) in [7, 11) is -2.08. The van der Waals surface area contributed by atoms with E-state index >= 15 is 0 Å². The second-order valence-corrected chi connectivity index (χ2v) is 13.5. The van der Waals surface area contributed by atoms with Crippen LogP contribution >= 0.6 is 0 Å². The number of hydrogen-bond acceptors (Lipinski definition) is 6. The number of ether oxygens (including phenoxy) is 2. The van der Waals surface area contributed by atoms with E-state index in [1.165, 1.54) is 0 Å². The second-order valence-electron chi connectivity index (χ2n) is 8.69. The fraction of sp³-hybridized carbons (Fsp3) is 0.667. The molecule has 8 heteroatoms. The van der Waals surface area contributed by atoms with Crippen molar-refractivity contribution in [2.75, 3.05) is 19.8 Å². The van der Waals surface area contributed by atoms with E-state index in [9.17, 15) is 14.9 Å². The molecular formula is C21H35NO6Si. The molecule has 0 saturated carbocycles. The van der Waals surface area contributed by atoms with Crippen LogP contribution in [-0.2, 0) is 25.3 Å². The number of rotatable bonds is 12. The molecule has 0 saturated heterocycles. The molecular weight excluding hydrogens is 390 g/mol. The highest BCUT2D eigenvalue weighted by molar-refractivity contribution is 6.74. The molecule has 2 atom stereocenters. The van der Waals surface area contributed by atoms with E-state index in [2.05, 4.69) is 33.9 Å². The Morgan fingerprint density at radius 1 is 1.21 bits per heavy atom. The molecule has 0 aromatic heterocycles. The van der Waals surface area contributed by atoms with Gasteiger partial charge in [-0.1, -0.05) is 51.1 Å². The predicted octanol–water partition coefficient (Wildman–Crippen LogP) is 4.44. The predicted molar refractivity (Wildman–Crippen MR) is 115 cm³/mol. The second kappa shape index (κ2) is 11.4. The summed E-state index contributed by atoms with van der Waals surface area (Å²) >= 11 is 0. The molecule has 0 bridgehead atoms. The lowest BCUT2D eigenvalue weighted by molar-refractivity contribution is -0.491. The number of nitro groups is 1. The van der Waals surface area contributed by atoms with Gasteiger partial charge in [-0.2, -0.15) is 0 Å². The maximum Gasteiger partial charge on any atom is 0.306 e. The van der Waals surface area contributed by atoms with Gasteiger partial charge in [0.2, 0.25) is 6.54 Å². The lowest BCUT2D eigenvalue weighted by Crippen LogP contribution is -2.45. The van der Waals surface area contributed by atoms with Gasteiger partial charge >= 0.3 is 5.97 Å². The van der Waals surface area contributed by atoms with E-state index < -0.39 is 31.2 Å². The van der Waals surface area contributed by atoms with Crippen LogP contribution in [0.2, 0.25) is 18.1 Å². The minimum absolute atomic E-state index is 0.00325. The van der Waals surface area contributed by atoms with Crippen LogP contribution in [-0.4, -0.2) is 45.1 Å². The van der Waals surface area contributed by atoms with Gasteiger partial charge in [0.05, 0.1) is 38.3 Å². The van der Waals surface area contributed by atoms with Crippen LogP contribution in [0.4, 0.5) is 0 Å². The molecule has 7 nitrogen and oxygen atoms in total. The van der Waals surface area contributed by atoms with Crippen LogP contribution in [0, 0.1) is 16.0 Å². The summed E-state index contributed by atoms with van der Waals surface area (Å²) < 4.78 is 17.4. The molecule has 0 fully saturated rings. The Morgan fingerprint density at radius 3 is 2.34 bits per heavy atom. The van der Waals surface area contributed by atoms with Gasteiger partial charge in [0.15, 0.2) is 8.32 Å². The number of hydrogen-bond donors (Lipinski definition) is 0. The van der Waals surface area contributed by atoms with E-state index in [4.69, 9.17) is 13.9 Å². The first-order chi connectivity index (χ1) is 13.5. The van der Waals surface area contributed by atoms with Crippen LogP contribution in [0.5, 0.6) is 0 Å². The first-order valence-electron chi connectivity index (χ1n) is 10.0. The minimum Gasteiger partial charge on any atom is -0.466 e. The van der Waals surface area contributed by atoms with Crippen molar-refractivity contribution in [1.82, 2.24) is 0 Å². The first kappa shape index (κ1) is 25.3. The summed E-state index contributed by atoms with van der Waals surface area (Å²) in [6.07, 6.45) is -0.658. The molecule has 0 unspecified atom stereocenters. The first-order valence-corrected chi connectivity index (χ1v) is 12.9. The highest BCUT2D eigenvalue weighted by Gasteiger charge is 2.39. The highest BCUT2D eigenvalue weighted by Crippen LogP contribution is 2.37. The molecule has 1 aromatic rings. The zero-order valence-electron chi connectivity index (χ0n) is 18.5. The van der Waals surface area contributed by atoms with E-state index in [0.29, 0.717) is 6.61 Å². The lowest BCUT2D eigenvalue weighted by Gasteiger charge is -2.38. The number of carbonyl (C=O) groups excluding carboxylic acids is 1. The van der Waals surface area contributed by atoms with Gasteiger partial charge in [0.1, 0.15) is 0 Å². The molecule has 0 aliphatic carbocycles. The Kier molecular flexibility index (Phi) is 9.95. The summed E-state index contributed by atoms with van der Waals surface area (Å²) in [4.78, 5) is 22.9. The zero-order chi connectivity index (χ0) is 22.1. The average molecular weight is 426 g/mol. The Labute approximate surface area is 175 Å². The maximum atomic E-state index is 12.0. The third kappa shape index (κ3) is 9.06. The normalized spacial score (nSPS) is 14.3. The third-order valence-corrected chi connectivity index (χ3v) is 9.87. The SMILES string of the molecule is CCOC(=O)C[C@H](C[N+](=O)[O-])[C@H](CO[Si](C)(C)C(C)(C)C)OCc1ccccc1. The van der Waals surface area contributed by atoms with Crippen molar-refractivity contribution in [3.8, 4) is 0 Å². The number of nitrogens with zero attached hydrogens (tertiary/aromatic N) is 1.